The SMILES string of the molecule is COc1ccc(C)cc1NC(=O)C(C)(C)C(=O)Nc1ccccc1. The van der Waals surface area contributed by atoms with Crippen molar-refractivity contribution in [2.75, 3.05) is 17.7 Å². The maximum atomic E-state index is 12.6. The van der Waals surface area contributed by atoms with Gasteiger partial charge in [-0.1, -0.05) is 24.3 Å². The number of carbonyl (C=O) groups excluding carboxylic acids is 2. The van der Waals surface area contributed by atoms with E-state index in [-0.39, 0.29) is 5.91 Å². The first-order valence-corrected chi connectivity index (χ1v) is 7.67. The van der Waals surface area contributed by atoms with Crippen LogP contribution in [0.5, 0.6) is 5.75 Å². The van der Waals surface area contributed by atoms with E-state index in [0.29, 0.717) is 17.1 Å². The molecule has 0 aliphatic heterocycles. The Bertz CT molecular complexity index is 740. The van der Waals surface area contributed by atoms with E-state index in [1.807, 2.05) is 37.3 Å². The largest absolute Gasteiger partial charge is 0.495 e. The molecule has 5 heteroatoms. The highest BCUT2D eigenvalue weighted by molar-refractivity contribution is 6.14. The summed E-state index contributed by atoms with van der Waals surface area (Å²) in [5.41, 5.74) is 0.933. The van der Waals surface area contributed by atoms with Crippen molar-refractivity contribution in [1.29, 1.82) is 0 Å². The average Bonchev–Trinajstić information content (AvgIpc) is 2.56. The second-order valence-electron chi connectivity index (χ2n) is 6.10. The van der Waals surface area contributed by atoms with Crippen LogP contribution in [0.2, 0.25) is 0 Å². The standard InChI is InChI=1S/C19H22N2O3/c1-13-10-11-16(24-4)15(12-13)21-18(23)19(2,3)17(22)20-14-8-6-5-7-9-14/h5-12H,1-4H3,(H,20,22)(H,21,23). The third-order valence-corrected chi connectivity index (χ3v) is 3.77. The molecule has 0 fully saturated rings. The van der Waals surface area contributed by atoms with Gasteiger partial charge in [-0.05, 0) is 50.6 Å². The summed E-state index contributed by atoms with van der Waals surface area (Å²) < 4.78 is 5.25. The van der Waals surface area contributed by atoms with Gasteiger partial charge in [0.1, 0.15) is 11.2 Å². The number of aryl methyl sites for hydroxylation is 1. The number of hydrogen-bond acceptors (Lipinski definition) is 3. The van der Waals surface area contributed by atoms with Crippen molar-refractivity contribution < 1.29 is 14.3 Å². The van der Waals surface area contributed by atoms with Crippen LogP contribution in [-0.2, 0) is 9.59 Å². The normalized spacial score (nSPS) is 10.8. The molecule has 0 aliphatic carbocycles. The van der Waals surface area contributed by atoms with E-state index in [1.54, 1.807) is 32.0 Å². The smallest absolute Gasteiger partial charge is 0.239 e. The monoisotopic (exact) mass is 326 g/mol. The van der Waals surface area contributed by atoms with E-state index in [2.05, 4.69) is 10.6 Å². The van der Waals surface area contributed by atoms with E-state index in [4.69, 9.17) is 4.74 Å². The first kappa shape index (κ1) is 17.5. The minimum absolute atomic E-state index is 0.377. The van der Waals surface area contributed by atoms with E-state index >= 15 is 0 Å². The summed E-state index contributed by atoms with van der Waals surface area (Å²) >= 11 is 0. The molecule has 0 bridgehead atoms. The van der Waals surface area contributed by atoms with Crippen LogP contribution < -0.4 is 15.4 Å². The summed E-state index contributed by atoms with van der Waals surface area (Å²) in [5, 5.41) is 5.54. The number of anilines is 2. The van der Waals surface area contributed by atoms with Crippen molar-refractivity contribution in [3.05, 3.63) is 54.1 Å². The Balaban J connectivity index is 2.15. The van der Waals surface area contributed by atoms with Crippen LogP contribution in [0, 0.1) is 12.3 Å². The maximum absolute atomic E-state index is 12.6. The molecule has 2 aromatic rings. The number of hydrogen-bond donors (Lipinski definition) is 2. The molecule has 0 radical (unpaired) electrons. The van der Waals surface area contributed by atoms with Crippen molar-refractivity contribution in [2.45, 2.75) is 20.8 Å². The Morgan fingerprint density at radius 3 is 2.21 bits per heavy atom. The Hall–Kier alpha value is -2.82. The lowest BCUT2D eigenvalue weighted by molar-refractivity contribution is -0.135. The number of para-hydroxylation sites is 1. The number of rotatable bonds is 5. The highest BCUT2D eigenvalue weighted by Crippen LogP contribution is 2.28. The molecule has 0 saturated heterocycles. The van der Waals surface area contributed by atoms with Gasteiger partial charge >= 0.3 is 0 Å². The molecule has 0 heterocycles. The highest BCUT2D eigenvalue weighted by Gasteiger charge is 2.36. The van der Waals surface area contributed by atoms with Crippen LogP contribution in [0.1, 0.15) is 19.4 Å². The van der Waals surface area contributed by atoms with Crippen molar-refractivity contribution in [3.8, 4) is 5.75 Å². The zero-order chi connectivity index (χ0) is 17.7. The minimum Gasteiger partial charge on any atom is -0.495 e. The summed E-state index contributed by atoms with van der Waals surface area (Å²) in [6.45, 7) is 5.09. The van der Waals surface area contributed by atoms with Crippen LogP contribution in [0.15, 0.2) is 48.5 Å². The van der Waals surface area contributed by atoms with Gasteiger partial charge < -0.3 is 15.4 Å². The van der Waals surface area contributed by atoms with Gasteiger partial charge in [0.15, 0.2) is 0 Å². The number of ether oxygens (including phenoxy) is 1. The molecule has 2 rings (SSSR count). The second kappa shape index (κ2) is 7.17. The highest BCUT2D eigenvalue weighted by atomic mass is 16.5. The van der Waals surface area contributed by atoms with Crippen LogP contribution in [0.25, 0.3) is 0 Å². The van der Waals surface area contributed by atoms with Gasteiger partial charge in [-0.2, -0.15) is 0 Å². The molecule has 5 nitrogen and oxygen atoms in total. The fourth-order valence-electron chi connectivity index (χ4n) is 2.11. The predicted octanol–water partition coefficient (Wildman–Crippen LogP) is 3.61. The number of amides is 2. The molecular formula is C19H22N2O3. The summed E-state index contributed by atoms with van der Waals surface area (Å²) in [5.74, 6) is -0.231. The third-order valence-electron chi connectivity index (χ3n) is 3.77. The zero-order valence-electron chi connectivity index (χ0n) is 14.3. The molecule has 0 atom stereocenters. The van der Waals surface area contributed by atoms with Crippen molar-refractivity contribution in [2.24, 2.45) is 5.41 Å². The van der Waals surface area contributed by atoms with Gasteiger partial charge in [0.25, 0.3) is 0 Å². The number of carbonyl (C=O) groups is 2. The molecule has 0 aliphatic rings. The van der Waals surface area contributed by atoms with Gasteiger partial charge in [0.2, 0.25) is 11.8 Å². The lowest BCUT2D eigenvalue weighted by atomic mass is 9.90. The molecule has 24 heavy (non-hydrogen) atoms. The zero-order valence-corrected chi connectivity index (χ0v) is 14.3. The molecular weight excluding hydrogens is 304 g/mol. The van der Waals surface area contributed by atoms with E-state index in [0.717, 1.165) is 5.56 Å². The maximum Gasteiger partial charge on any atom is 0.239 e. The number of benzene rings is 2. The molecule has 0 saturated carbocycles. The molecule has 2 aromatic carbocycles. The fourth-order valence-corrected chi connectivity index (χ4v) is 2.11. The quantitative estimate of drug-likeness (QED) is 0.825. The Morgan fingerprint density at radius 2 is 1.58 bits per heavy atom. The summed E-state index contributed by atoms with van der Waals surface area (Å²) in [6, 6.07) is 14.5. The average molecular weight is 326 g/mol. The van der Waals surface area contributed by atoms with Gasteiger partial charge in [0.05, 0.1) is 12.8 Å². The molecule has 2 N–H and O–H groups in total. The lowest BCUT2D eigenvalue weighted by Crippen LogP contribution is -2.41. The predicted molar refractivity (Wildman–Crippen MR) is 95.2 cm³/mol. The van der Waals surface area contributed by atoms with Gasteiger partial charge in [-0.3, -0.25) is 9.59 Å². The van der Waals surface area contributed by atoms with Crippen molar-refractivity contribution in [1.82, 2.24) is 0 Å². The second-order valence-corrected chi connectivity index (χ2v) is 6.10. The van der Waals surface area contributed by atoms with Gasteiger partial charge in [-0.25, -0.2) is 0 Å². The van der Waals surface area contributed by atoms with Crippen LogP contribution >= 0.6 is 0 Å². The van der Waals surface area contributed by atoms with Crippen LogP contribution in [-0.4, -0.2) is 18.9 Å². The van der Waals surface area contributed by atoms with Gasteiger partial charge in [0, 0.05) is 5.69 Å². The third kappa shape index (κ3) is 3.93. The topological polar surface area (TPSA) is 67.4 Å². The minimum atomic E-state index is -1.25. The van der Waals surface area contributed by atoms with E-state index in [1.165, 1.54) is 7.11 Å². The number of methoxy groups -OCH3 is 1. The molecule has 0 unspecified atom stereocenters. The summed E-state index contributed by atoms with van der Waals surface area (Å²) in [7, 11) is 1.54. The Kier molecular flexibility index (Phi) is 5.24. The fraction of sp³-hybridized carbons (Fsp3) is 0.263. The first-order chi connectivity index (χ1) is 11.3. The summed E-state index contributed by atoms with van der Waals surface area (Å²) in [6.07, 6.45) is 0. The van der Waals surface area contributed by atoms with Crippen LogP contribution in [0.3, 0.4) is 0 Å². The van der Waals surface area contributed by atoms with E-state index in [9.17, 15) is 9.59 Å². The first-order valence-electron chi connectivity index (χ1n) is 7.67. The molecule has 2 amide bonds. The van der Waals surface area contributed by atoms with E-state index < -0.39 is 11.3 Å². The molecule has 0 spiro atoms. The van der Waals surface area contributed by atoms with Crippen molar-refractivity contribution >= 4 is 23.2 Å². The van der Waals surface area contributed by atoms with Crippen LogP contribution in [0.4, 0.5) is 11.4 Å². The Morgan fingerprint density at radius 1 is 0.958 bits per heavy atom. The lowest BCUT2D eigenvalue weighted by Gasteiger charge is -2.23. The van der Waals surface area contributed by atoms with Gasteiger partial charge in [-0.15, -0.1) is 0 Å². The molecule has 126 valence electrons. The number of nitrogens with one attached hydrogen (secondary N) is 2. The molecule has 0 aromatic heterocycles. The van der Waals surface area contributed by atoms with Crippen molar-refractivity contribution in [3.63, 3.8) is 0 Å². The summed E-state index contributed by atoms with van der Waals surface area (Å²) in [4.78, 5) is 25.1. The Labute approximate surface area is 142 Å².